The molecular formula is C12H13ClN4O2S. The van der Waals surface area contributed by atoms with Crippen molar-refractivity contribution < 1.29 is 4.92 Å². The lowest BCUT2D eigenvalue weighted by Gasteiger charge is -2.21. The second-order valence-corrected chi connectivity index (χ2v) is 5.84. The molecule has 2 aromatic heterocycles. The Kier molecular flexibility index (Phi) is 4.51. The van der Waals surface area contributed by atoms with E-state index >= 15 is 0 Å². The summed E-state index contributed by atoms with van der Waals surface area (Å²) in [6, 6.07) is 3.86. The highest BCUT2D eigenvalue weighted by Crippen LogP contribution is 2.34. The molecule has 0 amide bonds. The van der Waals surface area contributed by atoms with E-state index in [2.05, 4.69) is 15.3 Å². The lowest BCUT2D eigenvalue weighted by Crippen LogP contribution is -2.17. The summed E-state index contributed by atoms with van der Waals surface area (Å²) in [5.41, 5.74) is -0.295. The molecule has 8 heteroatoms. The third kappa shape index (κ3) is 3.05. The van der Waals surface area contributed by atoms with Crippen molar-refractivity contribution in [1.82, 2.24) is 9.97 Å². The van der Waals surface area contributed by atoms with Crippen molar-refractivity contribution in [2.24, 2.45) is 5.92 Å². The van der Waals surface area contributed by atoms with Crippen LogP contribution < -0.4 is 5.32 Å². The van der Waals surface area contributed by atoms with Gasteiger partial charge in [-0.2, -0.15) is 0 Å². The smallest absolute Gasteiger partial charge is 0.348 e. The second-order valence-electron chi connectivity index (χ2n) is 4.50. The topological polar surface area (TPSA) is 81.0 Å². The van der Waals surface area contributed by atoms with Crippen molar-refractivity contribution in [2.75, 3.05) is 5.32 Å². The number of hydrogen-bond donors (Lipinski definition) is 1. The van der Waals surface area contributed by atoms with Gasteiger partial charge in [-0.15, -0.1) is 11.3 Å². The van der Waals surface area contributed by atoms with Crippen LogP contribution in [0, 0.1) is 16.0 Å². The number of nitro groups is 1. The standard InChI is InChI=1S/C12H13ClN4O2S/c1-7(2)9(8-4-3-5-20-8)16-12-10(17(18)19)11(13)14-6-15-12/h3-7,9H,1-2H3,(H,14,15,16). The van der Waals surface area contributed by atoms with E-state index in [0.717, 1.165) is 4.88 Å². The van der Waals surface area contributed by atoms with Gasteiger partial charge in [-0.3, -0.25) is 10.1 Å². The molecule has 0 aliphatic heterocycles. The summed E-state index contributed by atoms with van der Waals surface area (Å²) in [7, 11) is 0. The van der Waals surface area contributed by atoms with Crippen LogP contribution in [0.2, 0.25) is 5.15 Å². The minimum atomic E-state index is -0.573. The van der Waals surface area contributed by atoms with Crippen molar-refractivity contribution in [3.63, 3.8) is 0 Å². The first-order valence-electron chi connectivity index (χ1n) is 5.95. The maximum atomic E-state index is 11.1. The molecule has 1 atom stereocenters. The van der Waals surface area contributed by atoms with Crippen LogP contribution in [-0.2, 0) is 0 Å². The monoisotopic (exact) mass is 312 g/mol. The Morgan fingerprint density at radius 2 is 2.20 bits per heavy atom. The van der Waals surface area contributed by atoms with E-state index in [1.807, 2.05) is 31.4 Å². The van der Waals surface area contributed by atoms with E-state index < -0.39 is 4.92 Å². The van der Waals surface area contributed by atoms with Crippen molar-refractivity contribution in [3.8, 4) is 0 Å². The van der Waals surface area contributed by atoms with Gasteiger partial charge in [0.15, 0.2) is 0 Å². The number of anilines is 1. The fourth-order valence-electron chi connectivity index (χ4n) is 1.81. The fraction of sp³-hybridized carbons (Fsp3) is 0.333. The first-order chi connectivity index (χ1) is 9.50. The highest BCUT2D eigenvalue weighted by molar-refractivity contribution is 7.10. The van der Waals surface area contributed by atoms with Gasteiger partial charge in [-0.25, -0.2) is 9.97 Å². The molecule has 0 aliphatic carbocycles. The van der Waals surface area contributed by atoms with E-state index in [1.54, 1.807) is 11.3 Å². The number of hydrogen-bond acceptors (Lipinski definition) is 6. The fourth-order valence-corrected chi connectivity index (χ4v) is 2.96. The van der Waals surface area contributed by atoms with Crippen molar-refractivity contribution in [1.29, 1.82) is 0 Å². The summed E-state index contributed by atoms with van der Waals surface area (Å²) in [4.78, 5) is 19.2. The molecule has 6 nitrogen and oxygen atoms in total. The predicted molar refractivity (Wildman–Crippen MR) is 79.2 cm³/mol. The summed E-state index contributed by atoms with van der Waals surface area (Å²) in [6.07, 6.45) is 1.21. The zero-order valence-corrected chi connectivity index (χ0v) is 12.5. The number of rotatable bonds is 5. The predicted octanol–water partition coefficient (Wildman–Crippen LogP) is 3.91. The first-order valence-corrected chi connectivity index (χ1v) is 7.21. The molecule has 0 spiro atoms. The summed E-state index contributed by atoms with van der Waals surface area (Å²) < 4.78 is 0. The molecule has 0 radical (unpaired) electrons. The van der Waals surface area contributed by atoms with Crippen molar-refractivity contribution in [2.45, 2.75) is 19.9 Å². The zero-order valence-electron chi connectivity index (χ0n) is 10.9. The molecule has 0 saturated carbocycles. The quantitative estimate of drug-likeness (QED) is 0.514. The highest BCUT2D eigenvalue weighted by Gasteiger charge is 2.25. The number of aromatic nitrogens is 2. The summed E-state index contributed by atoms with van der Waals surface area (Å²) in [5.74, 6) is 0.379. The van der Waals surface area contributed by atoms with Gasteiger partial charge in [0, 0.05) is 4.88 Å². The van der Waals surface area contributed by atoms with Gasteiger partial charge < -0.3 is 5.32 Å². The lowest BCUT2D eigenvalue weighted by molar-refractivity contribution is -0.384. The number of thiophene rings is 1. The number of halogens is 1. The third-order valence-electron chi connectivity index (χ3n) is 2.77. The van der Waals surface area contributed by atoms with Gasteiger partial charge >= 0.3 is 5.69 Å². The van der Waals surface area contributed by atoms with Crippen LogP contribution >= 0.6 is 22.9 Å². The normalized spacial score (nSPS) is 12.4. The van der Waals surface area contributed by atoms with Crippen LogP contribution in [0.5, 0.6) is 0 Å². The summed E-state index contributed by atoms with van der Waals surface area (Å²) in [5, 5.41) is 16.0. The van der Waals surface area contributed by atoms with E-state index in [0.29, 0.717) is 0 Å². The van der Waals surface area contributed by atoms with Gasteiger partial charge in [0.05, 0.1) is 11.0 Å². The Balaban J connectivity index is 2.37. The Morgan fingerprint density at radius 3 is 2.75 bits per heavy atom. The van der Waals surface area contributed by atoms with Gasteiger partial charge in [-0.1, -0.05) is 31.5 Å². The SMILES string of the molecule is CC(C)C(Nc1ncnc(Cl)c1[N+](=O)[O-])c1cccs1. The molecule has 2 aromatic rings. The first kappa shape index (κ1) is 14.7. The Hall–Kier alpha value is -1.73. The molecule has 0 aromatic carbocycles. The minimum Gasteiger partial charge on any atom is -0.356 e. The molecule has 2 rings (SSSR count). The van der Waals surface area contributed by atoms with Crippen LogP contribution in [0.3, 0.4) is 0 Å². The van der Waals surface area contributed by atoms with Gasteiger partial charge in [0.1, 0.15) is 6.33 Å². The van der Waals surface area contributed by atoms with Gasteiger partial charge in [0.25, 0.3) is 0 Å². The van der Waals surface area contributed by atoms with Crippen LogP contribution in [-0.4, -0.2) is 14.9 Å². The molecule has 1 unspecified atom stereocenters. The third-order valence-corrected chi connectivity index (χ3v) is 4.00. The average molecular weight is 313 g/mol. The van der Waals surface area contributed by atoms with E-state index in [1.165, 1.54) is 6.33 Å². The number of nitrogens with one attached hydrogen (secondary N) is 1. The minimum absolute atomic E-state index is 0.0698. The Morgan fingerprint density at radius 1 is 1.45 bits per heavy atom. The molecule has 0 bridgehead atoms. The molecule has 0 saturated heterocycles. The Bertz CT molecular complexity index is 604. The van der Waals surface area contributed by atoms with E-state index in [-0.39, 0.29) is 28.6 Å². The van der Waals surface area contributed by atoms with E-state index in [4.69, 9.17) is 11.6 Å². The molecular weight excluding hydrogens is 300 g/mol. The second kappa shape index (κ2) is 6.15. The lowest BCUT2D eigenvalue weighted by atomic mass is 10.0. The maximum Gasteiger partial charge on any atom is 0.348 e. The van der Waals surface area contributed by atoms with Crippen LogP contribution in [0.25, 0.3) is 0 Å². The zero-order chi connectivity index (χ0) is 14.7. The maximum absolute atomic E-state index is 11.1. The largest absolute Gasteiger partial charge is 0.356 e. The van der Waals surface area contributed by atoms with Crippen LogP contribution in [0.4, 0.5) is 11.5 Å². The summed E-state index contributed by atoms with van der Waals surface area (Å²) >= 11 is 7.37. The van der Waals surface area contributed by atoms with Crippen molar-refractivity contribution >= 4 is 34.4 Å². The molecule has 0 aliphatic rings. The van der Waals surface area contributed by atoms with Crippen molar-refractivity contribution in [3.05, 3.63) is 44.0 Å². The van der Waals surface area contributed by atoms with Gasteiger partial charge in [0.2, 0.25) is 11.0 Å². The molecule has 2 heterocycles. The van der Waals surface area contributed by atoms with Gasteiger partial charge in [-0.05, 0) is 17.4 Å². The van der Waals surface area contributed by atoms with Crippen LogP contribution in [0.1, 0.15) is 24.8 Å². The molecule has 0 fully saturated rings. The highest BCUT2D eigenvalue weighted by atomic mass is 35.5. The molecule has 106 valence electrons. The molecule has 1 N–H and O–H groups in total. The number of nitrogens with zero attached hydrogens (tertiary/aromatic N) is 3. The Labute approximate surface area is 125 Å². The average Bonchev–Trinajstić information content (AvgIpc) is 2.88. The summed E-state index contributed by atoms with van der Waals surface area (Å²) in [6.45, 7) is 4.07. The van der Waals surface area contributed by atoms with Crippen LogP contribution in [0.15, 0.2) is 23.8 Å². The van der Waals surface area contributed by atoms with E-state index in [9.17, 15) is 10.1 Å². The molecule has 20 heavy (non-hydrogen) atoms.